The van der Waals surface area contributed by atoms with Crippen LogP contribution in [0.4, 0.5) is 0 Å². The molecule has 2 atom stereocenters. The van der Waals surface area contributed by atoms with Crippen molar-refractivity contribution in [3.05, 3.63) is 45.5 Å². The van der Waals surface area contributed by atoms with Gasteiger partial charge in [-0.15, -0.1) is 11.3 Å². The summed E-state index contributed by atoms with van der Waals surface area (Å²) in [6.45, 7) is 6.19. The van der Waals surface area contributed by atoms with Crippen molar-refractivity contribution in [3.63, 3.8) is 0 Å². The normalized spacial score (nSPS) is 14.2. The number of hydrogen-bond donors (Lipinski definition) is 2. The van der Waals surface area contributed by atoms with Crippen LogP contribution in [0.5, 0.6) is 0 Å². The number of aryl methyl sites for hydroxylation is 1. The van der Waals surface area contributed by atoms with Crippen molar-refractivity contribution in [2.75, 3.05) is 0 Å². The lowest BCUT2D eigenvalue weighted by Gasteiger charge is -2.17. The Balaban J connectivity index is 1.92. The molecule has 0 aliphatic heterocycles. The molecule has 2 N–H and O–H groups in total. The van der Waals surface area contributed by atoms with Gasteiger partial charge in [-0.05, 0) is 51.5 Å². The summed E-state index contributed by atoms with van der Waals surface area (Å²) in [5.41, 5.74) is 0. The number of furan rings is 1. The minimum atomic E-state index is -1.04. The maximum Gasteiger partial charge on any atom is 0.371 e. The minimum absolute atomic E-state index is 0.0147. The molecule has 108 valence electrons. The minimum Gasteiger partial charge on any atom is -0.475 e. The fraction of sp³-hybridized carbons (Fsp3) is 0.400. The summed E-state index contributed by atoms with van der Waals surface area (Å²) in [7, 11) is 0. The second-order valence-corrected chi connectivity index (χ2v) is 6.39. The molecule has 0 saturated carbocycles. The molecule has 2 heterocycles. The van der Waals surface area contributed by atoms with Gasteiger partial charge in [-0.25, -0.2) is 4.79 Å². The molecule has 0 spiro atoms. The van der Waals surface area contributed by atoms with Crippen LogP contribution in [-0.2, 0) is 6.42 Å². The van der Waals surface area contributed by atoms with Gasteiger partial charge in [0.05, 0.1) is 6.04 Å². The van der Waals surface area contributed by atoms with E-state index in [1.54, 1.807) is 17.4 Å². The highest BCUT2D eigenvalue weighted by molar-refractivity contribution is 7.11. The third kappa shape index (κ3) is 3.71. The summed E-state index contributed by atoms with van der Waals surface area (Å²) >= 11 is 1.81. The van der Waals surface area contributed by atoms with E-state index >= 15 is 0 Å². The van der Waals surface area contributed by atoms with Crippen LogP contribution < -0.4 is 5.32 Å². The Morgan fingerprint density at radius 3 is 2.65 bits per heavy atom. The van der Waals surface area contributed by atoms with Crippen LogP contribution in [-0.4, -0.2) is 17.1 Å². The van der Waals surface area contributed by atoms with Gasteiger partial charge < -0.3 is 14.8 Å². The summed E-state index contributed by atoms with van der Waals surface area (Å²) in [5.74, 6) is -0.405. The van der Waals surface area contributed by atoms with Crippen LogP contribution in [0.3, 0.4) is 0 Å². The number of hydrogen-bond acceptors (Lipinski definition) is 4. The van der Waals surface area contributed by atoms with Gasteiger partial charge in [0.1, 0.15) is 5.76 Å². The zero-order valence-corrected chi connectivity index (χ0v) is 12.7. The quantitative estimate of drug-likeness (QED) is 0.853. The zero-order valence-electron chi connectivity index (χ0n) is 11.8. The summed E-state index contributed by atoms with van der Waals surface area (Å²) in [5, 5.41) is 12.3. The second kappa shape index (κ2) is 6.24. The molecule has 0 aromatic carbocycles. The Morgan fingerprint density at radius 2 is 2.10 bits per heavy atom. The van der Waals surface area contributed by atoms with Crippen molar-refractivity contribution in [2.24, 2.45) is 0 Å². The highest BCUT2D eigenvalue weighted by Gasteiger charge is 2.16. The Hall–Kier alpha value is -1.59. The van der Waals surface area contributed by atoms with Gasteiger partial charge in [0, 0.05) is 15.8 Å². The predicted octanol–water partition coefficient (Wildman–Crippen LogP) is 3.63. The number of carbonyl (C=O) groups is 1. The van der Waals surface area contributed by atoms with E-state index in [2.05, 4.69) is 31.3 Å². The highest BCUT2D eigenvalue weighted by Crippen LogP contribution is 2.20. The first-order valence-corrected chi connectivity index (χ1v) is 7.41. The molecular formula is C15H19NO3S. The molecule has 20 heavy (non-hydrogen) atoms. The fourth-order valence-electron chi connectivity index (χ4n) is 2.16. The number of carboxylic acid groups (broad SMARTS) is 1. The lowest BCUT2D eigenvalue weighted by Crippen LogP contribution is -2.30. The van der Waals surface area contributed by atoms with Crippen molar-refractivity contribution < 1.29 is 14.3 Å². The van der Waals surface area contributed by atoms with E-state index < -0.39 is 5.97 Å². The Bertz CT molecular complexity index is 587. The lowest BCUT2D eigenvalue weighted by atomic mass is 10.1. The van der Waals surface area contributed by atoms with E-state index in [1.165, 1.54) is 15.8 Å². The zero-order chi connectivity index (χ0) is 14.7. The van der Waals surface area contributed by atoms with Crippen LogP contribution in [0.2, 0.25) is 0 Å². The molecule has 2 unspecified atom stereocenters. The Kier molecular flexibility index (Phi) is 4.62. The van der Waals surface area contributed by atoms with Crippen LogP contribution in [0, 0.1) is 6.92 Å². The standard InChI is InChI=1S/C15H19NO3S/c1-9(8-12-5-4-10(2)20-12)16-11(3)13-6-7-14(19-13)15(17)18/h4-7,9,11,16H,8H2,1-3H3,(H,17,18). The van der Waals surface area contributed by atoms with Gasteiger partial charge >= 0.3 is 5.97 Å². The molecule has 2 aromatic heterocycles. The fourth-order valence-corrected chi connectivity index (χ4v) is 3.18. The topological polar surface area (TPSA) is 62.5 Å². The van der Waals surface area contributed by atoms with E-state index in [9.17, 15) is 4.79 Å². The molecule has 0 fully saturated rings. The van der Waals surface area contributed by atoms with E-state index in [0.29, 0.717) is 11.8 Å². The number of rotatable bonds is 6. The van der Waals surface area contributed by atoms with E-state index in [-0.39, 0.29) is 11.8 Å². The highest BCUT2D eigenvalue weighted by atomic mass is 32.1. The number of thiophene rings is 1. The maximum atomic E-state index is 10.8. The van der Waals surface area contributed by atoms with Crippen molar-refractivity contribution in [3.8, 4) is 0 Å². The predicted molar refractivity (Wildman–Crippen MR) is 79.4 cm³/mol. The van der Waals surface area contributed by atoms with Crippen LogP contribution in [0.25, 0.3) is 0 Å². The SMILES string of the molecule is Cc1ccc(CC(C)NC(C)c2ccc(C(=O)O)o2)s1. The van der Waals surface area contributed by atoms with E-state index in [0.717, 1.165) is 6.42 Å². The molecule has 0 amide bonds. The first kappa shape index (κ1) is 14.8. The van der Waals surface area contributed by atoms with Crippen molar-refractivity contribution in [2.45, 2.75) is 39.3 Å². The van der Waals surface area contributed by atoms with Crippen molar-refractivity contribution in [1.82, 2.24) is 5.32 Å². The first-order valence-electron chi connectivity index (χ1n) is 6.60. The first-order chi connectivity index (χ1) is 9.45. The van der Waals surface area contributed by atoms with Gasteiger partial charge in [-0.1, -0.05) is 0 Å². The average molecular weight is 293 g/mol. The Labute approximate surface area is 122 Å². The van der Waals surface area contributed by atoms with Crippen molar-refractivity contribution >= 4 is 17.3 Å². The lowest BCUT2D eigenvalue weighted by molar-refractivity contribution is 0.0659. The van der Waals surface area contributed by atoms with E-state index in [4.69, 9.17) is 9.52 Å². The molecule has 4 nitrogen and oxygen atoms in total. The van der Waals surface area contributed by atoms with Crippen LogP contribution in [0.1, 0.15) is 46.0 Å². The van der Waals surface area contributed by atoms with Gasteiger partial charge in [-0.2, -0.15) is 0 Å². The molecule has 0 saturated heterocycles. The van der Waals surface area contributed by atoms with Gasteiger partial charge in [0.15, 0.2) is 0 Å². The molecule has 0 aliphatic rings. The summed E-state index contributed by atoms with van der Waals surface area (Å²) < 4.78 is 5.30. The molecular weight excluding hydrogens is 274 g/mol. The van der Waals surface area contributed by atoms with Crippen LogP contribution in [0.15, 0.2) is 28.7 Å². The number of nitrogens with one attached hydrogen (secondary N) is 1. The molecule has 0 aliphatic carbocycles. The third-order valence-corrected chi connectivity index (χ3v) is 4.13. The molecule has 2 aromatic rings. The maximum absolute atomic E-state index is 10.8. The monoisotopic (exact) mass is 293 g/mol. The molecule has 5 heteroatoms. The molecule has 0 bridgehead atoms. The van der Waals surface area contributed by atoms with Crippen LogP contribution >= 0.6 is 11.3 Å². The van der Waals surface area contributed by atoms with Gasteiger partial charge in [-0.3, -0.25) is 0 Å². The number of aromatic carboxylic acids is 1. The third-order valence-electron chi connectivity index (χ3n) is 3.10. The van der Waals surface area contributed by atoms with Crippen molar-refractivity contribution in [1.29, 1.82) is 0 Å². The smallest absolute Gasteiger partial charge is 0.371 e. The molecule has 2 rings (SSSR count). The molecule has 0 radical (unpaired) electrons. The van der Waals surface area contributed by atoms with Gasteiger partial charge in [0.2, 0.25) is 5.76 Å². The average Bonchev–Trinajstić information content (AvgIpc) is 2.98. The largest absolute Gasteiger partial charge is 0.475 e. The number of carboxylic acids is 1. The summed E-state index contributed by atoms with van der Waals surface area (Å²) in [6.07, 6.45) is 0.954. The second-order valence-electron chi connectivity index (χ2n) is 5.01. The van der Waals surface area contributed by atoms with E-state index in [1.807, 2.05) is 6.92 Å². The van der Waals surface area contributed by atoms with Gasteiger partial charge in [0.25, 0.3) is 0 Å². The summed E-state index contributed by atoms with van der Waals surface area (Å²) in [6, 6.07) is 7.76. The Morgan fingerprint density at radius 1 is 1.35 bits per heavy atom. The summed E-state index contributed by atoms with van der Waals surface area (Å²) in [4.78, 5) is 13.5.